The first kappa shape index (κ1) is 9.93. The Hall–Kier alpha value is -1.61. The monoisotopic (exact) mass is 201 g/mol. The molecule has 15 heavy (non-hydrogen) atoms. The van der Waals surface area contributed by atoms with Gasteiger partial charge in [-0.3, -0.25) is 0 Å². The fraction of sp³-hybridized carbons (Fsp3) is 0.250. The normalized spacial score (nSPS) is 11.7. The molecule has 1 aromatic carbocycles. The third kappa shape index (κ3) is 1.78. The van der Waals surface area contributed by atoms with E-state index in [1.54, 1.807) is 0 Å². The molecule has 0 radical (unpaired) electrons. The van der Waals surface area contributed by atoms with Crippen molar-refractivity contribution in [1.29, 1.82) is 0 Å². The van der Waals surface area contributed by atoms with Crippen LogP contribution in [-0.2, 0) is 7.05 Å². The Balaban J connectivity index is 2.54. The van der Waals surface area contributed by atoms with Crippen molar-refractivity contribution < 1.29 is 0 Å². The Morgan fingerprint density at radius 1 is 1.47 bits per heavy atom. The van der Waals surface area contributed by atoms with E-state index in [0.29, 0.717) is 6.54 Å². The topological polar surface area (TPSA) is 43.8 Å². The number of nitrogens with two attached hydrogens (primary N) is 1. The molecule has 3 heteroatoms. The molecule has 0 amide bonds. The minimum absolute atomic E-state index is 0.572. The molecular formula is C12H15N3. The summed E-state index contributed by atoms with van der Waals surface area (Å²) in [5.74, 6) is 1.03. The van der Waals surface area contributed by atoms with Gasteiger partial charge < -0.3 is 10.3 Å². The van der Waals surface area contributed by atoms with Gasteiger partial charge in [0.25, 0.3) is 0 Å². The fourth-order valence-corrected chi connectivity index (χ4v) is 1.64. The van der Waals surface area contributed by atoms with Crippen molar-refractivity contribution in [3.63, 3.8) is 0 Å². The molecule has 0 bridgehead atoms. The van der Waals surface area contributed by atoms with Crippen LogP contribution in [0.15, 0.2) is 24.3 Å². The highest BCUT2D eigenvalue weighted by molar-refractivity contribution is 5.79. The predicted molar refractivity (Wildman–Crippen MR) is 63.5 cm³/mol. The highest BCUT2D eigenvalue weighted by Gasteiger charge is 2.03. The van der Waals surface area contributed by atoms with Gasteiger partial charge in [0.15, 0.2) is 0 Å². The molecule has 2 N–H and O–H groups in total. The largest absolute Gasteiger partial charge is 0.331 e. The standard InChI is InChI=1S/C12H15N3/c1-9-14-11-6-5-10(4-3-7-13)8-12(11)15(9)2/h3-6,8H,7,13H2,1-2H3/b4-3+. The van der Waals surface area contributed by atoms with Crippen LogP contribution in [0.1, 0.15) is 11.4 Å². The van der Waals surface area contributed by atoms with Crippen LogP contribution in [0.25, 0.3) is 17.1 Å². The maximum atomic E-state index is 5.42. The van der Waals surface area contributed by atoms with Crippen LogP contribution < -0.4 is 5.73 Å². The molecule has 1 heterocycles. The molecule has 0 unspecified atom stereocenters. The Morgan fingerprint density at radius 3 is 3.00 bits per heavy atom. The van der Waals surface area contributed by atoms with Gasteiger partial charge in [0.1, 0.15) is 5.82 Å². The molecule has 0 atom stereocenters. The number of rotatable bonds is 2. The minimum atomic E-state index is 0.572. The Kier molecular flexibility index (Phi) is 2.56. The molecule has 0 aliphatic rings. The number of hydrogen-bond donors (Lipinski definition) is 1. The van der Waals surface area contributed by atoms with Crippen molar-refractivity contribution in [2.24, 2.45) is 12.8 Å². The zero-order chi connectivity index (χ0) is 10.8. The number of benzene rings is 1. The van der Waals surface area contributed by atoms with E-state index in [9.17, 15) is 0 Å². The highest BCUT2D eigenvalue weighted by Crippen LogP contribution is 2.17. The first-order valence-corrected chi connectivity index (χ1v) is 5.02. The number of fused-ring (bicyclic) bond motifs is 1. The van der Waals surface area contributed by atoms with E-state index in [0.717, 1.165) is 22.4 Å². The van der Waals surface area contributed by atoms with E-state index < -0.39 is 0 Å². The molecule has 0 spiro atoms. The maximum Gasteiger partial charge on any atom is 0.106 e. The lowest BCUT2D eigenvalue weighted by atomic mass is 10.2. The quantitative estimate of drug-likeness (QED) is 0.805. The van der Waals surface area contributed by atoms with Gasteiger partial charge >= 0.3 is 0 Å². The third-order valence-corrected chi connectivity index (χ3v) is 2.57. The van der Waals surface area contributed by atoms with E-state index in [1.807, 2.05) is 32.2 Å². The van der Waals surface area contributed by atoms with Crippen molar-refractivity contribution in [2.45, 2.75) is 6.92 Å². The van der Waals surface area contributed by atoms with E-state index in [-0.39, 0.29) is 0 Å². The zero-order valence-corrected chi connectivity index (χ0v) is 9.07. The summed E-state index contributed by atoms with van der Waals surface area (Å²) in [6.07, 6.45) is 3.98. The van der Waals surface area contributed by atoms with Gasteiger partial charge in [-0.05, 0) is 24.6 Å². The van der Waals surface area contributed by atoms with Crippen molar-refractivity contribution in [1.82, 2.24) is 9.55 Å². The lowest BCUT2D eigenvalue weighted by Gasteiger charge is -1.97. The van der Waals surface area contributed by atoms with Gasteiger partial charge in [-0.25, -0.2) is 4.98 Å². The Labute approximate surface area is 89.2 Å². The second-order valence-electron chi connectivity index (χ2n) is 3.60. The molecule has 0 aliphatic carbocycles. The van der Waals surface area contributed by atoms with Crippen LogP contribution in [0.5, 0.6) is 0 Å². The molecular weight excluding hydrogens is 186 g/mol. The Bertz CT molecular complexity index is 509. The maximum absolute atomic E-state index is 5.42. The number of hydrogen-bond acceptors (Lipinski definition) is 2. The summed E-state index contributed by atoms with van der Waals surface area (Å²) in [7, 11) is 2.03. The second-order valence-corrected chi connectivity index (χ2v) is 3.60. The summed E-state index contributed by atoms with van der Waals surface area (Å²) in [5, 5.41) is 0. The minimum Gasteiger partial charge on any atom is -0.331 e. The van der Waals surface area contributed by atoms with Crippen LogP contribution >= 0.6 is 0 Å². The fourth-order valence-electron chi connectivity index (χ4n) is 1.64. The lowest BCUT2D eigenvalue weighted by Crippen LogP contribution is -1.92. The molecule has 2 rings (SSSR count). The van der Waals surface area contributed by atoms with Gasteiger partial charge in [0, 0.05) is 13.6 Å². The predicted octanol–water partition coefficient (Wildman–Crippen LogP) is 1.85. The summed E-state index contributed by atoms with van der Waals surface area (Å²) in [6, 6.07) is 6.22. The van der Waals surface area contributed by atoms with E-state index in [2.05, 4.69) is 21.7 Å². The average molecular weight is 201 g/mol. The van der Waals surface area contributed by atoms with Crippen LogP contribution in [0.3, 0.4) is 0 Å². The van der Waals surface area contributed by atoms with E-state index in [4.69, 9.17) is 5.73 Å². The van der Waals surface area contributed by atoms with Crippen molar-refractivity contribution in [3.8, 4) is 0 Å². The summed E-state index contributed by atoms with van der Waals surface area (Å²) >= 11 is 0. The molecule has 0 saturated carbocycles. The zero-order valence-electron chi connectivity index (χ0n) is 9.07. The molecule has 2 aromatic rings. The number of aromatic nitrogens is 2. The van der Waals surface area contributed by atoms with Crippen molar-refractivity contribution >= 4 is 17.1 Å². The molecule has 0 aliphatic heterocycles. The van der Waals surface area contributed by atoms with E-state index in [1.165, 1.54) is 0 Å². The van der Waals surface area contributed by atoms with Gasteiger partial charge in [0.2, 0.25) is 0 Å². The average Bonchev–Trinajstić information content (AvgIpc) is 2.52. The van der Waals surface area contributed by atoms with Gasteiger partial charge in [-0.1, -0.05) is 18.2 Å². The summed E-state index contributed by atoms with van der Waals surface area (Å²) in [5.41, 5.74) is 8.78. The second kappa shape index (κ2) is 3.87. The van der Waals surface area contributed by atoms with Gasteiger partial charge in [-0.15, -0.1) is 0 Å². The highest BCUT2D eigenvalue weighted by atomic mass is 15.0. The first-order valence-electron chi connectivity index (χ1n) is 5.02. The number of aryl methyl sites for hydroxylation is 2. The lowest BCUT2D eigenvalue weighted by molar-refractivity contribution is 0.886. The molecule has 0 saturated heterocycles. The van der Waals surface area contributed by atoms with Crippen LogP contribution in [0, 0.1) is 6.92 Å². The SMILES string of the molecule is Cc1nc2ccc(/C=C/CN)cc2n1C. The summed E-state index contributed by atoms with van der Waals surface area (Å²) in [6.45, 7) is 2.58. The van der Waals surface area contributed by atoms with Gasteiger partial charge in [0.05, 0.1) is 11.0 Å². The Morgan fingerprint density at radius 2 is 2.27 bits per heavy atom. The first-order chi connectivity index (χ1) is 7.22. The molecule has 1 aromatic heterocycles. The summed E-state index contributed by atoms with van der Waals surface area (Å²) < 4.78 is 2.09. The van der Waals surface area contributed by atoms with Crippen LogP contribution in [-0.4, -0.2) is 16.1 Å². The summed E-state index contributed by atoms with van der Waals surface area (Å²) in [4.78, 5) is 4.45. The van der Waals surface area contributed by atoms with Crippen molar-refractivity contribution in [2.75, 3.05) is 6.54 Å². The molecule has 3 nitrogen and oxygen atoms in total. The van der Waals surface area contributed by atoms with Crippen LogP contribution in [0.4, 0.5) is 0 Å². The van der Waals surface area contributed by atoms with E-state index >= 15 is 0 Å². The van der Waals surface area contributed by atoms with Crippen LogP contribution in [0.2, 0.25) is 0 Å². The molecule has 78 valence electrons. The molecule has 0 fully saturated rings. The van der Waals surface area contributed by atoms with Crippen molar-refractivity contribution in [3.05, 3.63) is 35.7 Å². The van der Waals surface area contributed by atoms with Gasteiger partial charge in [-0.2, -0.15) is 0 Å². The number of imidazole rings is 1. The number of nitrogens with zero attached hydrogens (tertiary/aromatic N) is 2. The smallest absolute Gasteiger partial charge is 0.106 e. The third-order valence-electron chi connectivity index (χ3n) is 2.57.